The van der Waals surface area contributed by atoms with Crippen molar-refractivity contribution in [3.63, 3.8) is 0 Å². The Balaban J connectivity index is 2.91. The molecule has 0 unspecified atom stereocenters. The highest BCUT2D eigenvalue weighted by Gasteiger charge is 2.16. The van der Waals surface area contributed by atoms with E-state index in [1.807, 2.05) is 0 Å². The van der Waals surface area contributed by atoms with Gasteiger partial charge in [0, 0.05) is 19.2 Å². The fourth-order valence-corrected chi connectivity index (χ4v) is 1.89. The number of carboxylic acid groups (broad SMARTS) is 1. The molecule has 1 aromatic heterocycles. The van der Waals surface area contributed by atoms with E-state index in [1.165, 1.54) is 19.2 Å². The van der Waals surface area contributed by atoms with Gasteiger partial charge in [0.15, 0.2) is 0 Å². The number of carboxylic acids is 1. The molecule has 0 amide bonds. The first-order chi connectivity index (χ1) is 9.32. The second-order valence-corrected chi connectivity index (χ2v) is 4.09. The van der Waals surface area contributed by atoms with Gasteiger partial charge < -0.3 is 5.11 Å². The number of aromatic nitrogens is 2. The van der Waals surface area contributed by atoms with Crippen molar-refractivity contribution < 1.29 is 14.8 Å². The highest BCUT2D eigenvalue weighted by Crippen LogP contribution is 2.16. The van der Waals surface area contributed by atoms with E-state index in [0.29, 0.717) is 4.57 Å². The smallest absolute Gasteiger partial charge is 0.331 e. The summed E-state index contributed by atoms with van der Waals surface area (Å²) in [4.78, 5) is 44.7. The largest absolute Gasteiger partial charge is 0.480 e. The van der Waals surface area contributed by atoms with Crippen LogP contribution in [0.25, 0.3) is 10.9 Å². The Morgan fingerprint density at radius 2 is 2.05 bits per heavy atom. The van der Waals surface area contributed by atoms with Crippen molar-refractivity contribution in [2.75, 3.05) is 0 Å². The van der Waals surface area contributed by atoms with E-state index in [1.54, 1.807) is 0 Å². The first-order valence-electron chi connectivity index (χ1n) is 5.42. The van der Waals surface area contributed by atoms with Gasteiger partial charge >= 0.3 is 11.7 Å². The summed E-state index contributed by atoms with van der Waals surface area (Å²) in [6.45, 7) is -0.801. The van der Waals surface area contributed by atoms with E-state index in [4.69, 9.17) is 5.11 Å². The fraction of sp³-hybridized carbons (Fsp3) is 0.182. The van der Waals surface area contributed by atoms with E-state index < -0.39 is 28.7 Å². The number of aryl methyl sites for hydroxylation is 1. The van der Waals surface area contributed by atoms with Crippen LogP contribution in [0.3, 0.4) is 0 Å². The zero-order valence-electron chi connectivity index (χ0n) is 10.3. The number of rotatable bonds is 3. The maximum atomic E-state index is 12.1. The van der Waals surface area contributed by atoms with E-state index in [0.717, 1.165) is 10.6 Å². The molecule has 0 spiro atoms. The summed E-state index contributed by atoms with van der Waals surface area (Å²) in [5.41, 5.74) is -1.77. The lowest BCUT2D eigenvalue weighted by Crippen LogP contribution is -2.40. The average molecular weight is 279 g/mol. The summed E-state index contributed by atoms with van der Waals surface area (Å²) >= 11 is 0. The SMILES string of the molecule is Cn1c(=O)n(CC(=O)O)c(=O)c2cc([N+](=O)[O-])ccc21. The molecular weight excluding hydrogens is 270 g/mol. The predicted molar refractivity (Wildman–Crippen MR) is 67.7 cm³/mol. The van der Waals surface area contributed by atoms with Crippen LogP contribution in [0.15, 0.2) is 27.8 Å². The molecule has 0 saturated carbocycles. The molecule has 1 N–H and O–H groups in total. The summed E-state index contributed by atoms with van der Waals surface area (Å²) in [7, 11) is 1.36. The minimum absolute atomic E-state index is 0.0810. The van der Waals surface area contributed by atoms with Gasteiger partial charge in [-0.3, -0.25) is 24.3 Å². The summed E-state index contributed by atoms with van der Waals surface area (Å²) < 4.78 is 1.60. The van der Waals surface area contributed by atoms with Crippen LogP contribution in [0.1, 0.15) is 0 Å². The molecule has 2 aromatic rings. The first kappa shape index (κ1) is 13.5. The summed E-state index contributed by atoms with van der Waals surface area (Å²) in [5.74, 6) is -1.35. The highest BCUT2D eigenvalue weighted by atomic mass is 16.6. The lowest BCUT2D eigenvalue weighted by Gasteiger charge is -2.08. The number of nitro benzene ring substituents is 1. The second kappa shape index (κ2) is 4.61. The van der Waals surface area contributed by atoms with Crippen LogP contribution in [0.2, 0.25) is 0 Å². The lowest BCUT2D eigenvalue weighted by atomic mass is 10.2. The van der Waals surface area contributed by atoms with E-state index in [9.17, 15) is 24.5 Å². The number of hydrogen-bond acceptors (Lipinski definition) is 5. The van der Waals surface area contributed by atoms with Gasteiger partial charge in [0.05, 0.1) is 15.8 Å². The predicted octanol–water partition coefficient (Wildman–Crippen LogP) is -0.307. The van der Waals surface area contributed by atoms with Crippen LogP contribution in [-0.2, 0) is 18.4 Å². The minimum atomic E-state index is -1.35. The molecule has 9 nitrogen and oxygen atoms in total. The number of benzene rings is 1. The van der Waals surface area contributed by atoms with Gasteiger partial charge in [0.2, 0.25) is 0 Å². The molecule has 0 saturated heterocycles. The number of carbonyl (C=O) groups is 1. The molecule has 0 fully saturated rings. The first-order valence-corrected chi connectivity index (χ1v) is 5.42. The van der Waals surface area contributed by atoms with Gasteiger partial charge in [-0.1, -0.05) is 0 Å². The normalized spacial score (nSPS) is 10.7. The molecule has 0 atom stereocenters. The van der Waals surface area contributed by atoms with E-state index in [-0.39, 0.29) is 16.6 Å². The molecule has 20 heavy (non-hydrogen) atoms. The maximum absolute atomic E-state index is 12.1. The molecular formula is C11H9N3O6. The number of non-ortho nitro benzene ring substituents is 1. The minimum Gasteiger partial charge on any atom is -0.480 e. The third-order valence-corrected chi connectivity index (χ3v) is 2.84. The number of hydrogen-bond donors (Lipinski definition) is 1. The number of fused-ring (bicyclic) bond motifs is 1. The van der Waals surface area contributed by atoms with Crippen LogP contribution in [0, 0.1) is 10.1 Å². The second-order valence-electron chi connectivity index (χ2n) is 4.09. The Labute approximate surface area is 110 Å². The van der Waals surface area contributed by atoms with Crippen LogP contribution in [0.4, 0.5) is 5.69 Å². The van der Waals surface area contributed by atoms with Crippen molar-refractivity contribution in [1.29, 1.82) is 0 Å². The zero-order valence-corrected chi connectivity index (χ0v) is 10.3. The van der Waals surface area contributed by atoms with Crippen LogP contribution in [-0.4, -0.2) is 25.1 Å². The molecule has 9 heteroatoms. The number of nitrogens with zero attached hydrogens (tertiary/aromatic N) is 3. The molecule has 0 bridgehead atoms. The Morgan fingerprint density at radius 3 is 2.60 bits per heavy atom. The van der Waals surface area contributed by atoms with Crippen molar-refractivity contribution in [1.82, 2.24) is 9.13 Å². The molecule has 1 heterocycles. The topological polar surface area (TPSA) is 124 Å². The fourth-order valence-electron chi connectivity index (χ4n) is 1.89. The third-order valence-electron chi connectivity index (χ3n) is 2.84. The zero-order chi connectivity index (χ0) is 15.0. The average Bonchev–Trinajstić information content (AvgIpc) is 2.40. The van der Waals surface area contributed by atoms with Gasteiger partial charge in [-0.25, -0.2) is 9.36 Å². The Hall–Kier alpha value is -2.97. The van der Waals surface area contributed by atoms with Crippen molar-refractivity contribution in [3.05, 3.63) is 49.2 Å². The summed E-state index contributed by atoms with van der Waals surface area (Å²) in [5, 5.41) is 19.3. The van der Waals surface area contributed by atoms with Crippen molar-refractivity contribution in [2.45, 2.75) is 6.54 Å². The standard InChI is InChI=1S/C11H9N3O6/c1-12-8-3-2-6(14(19)20)4-7(8)10(17)13(11(12)18)5-9(15)16/h2-4H,5H2,1H3,(H,15,16). The quantitative estimate of drug-likeness (QED) is 0.607. The molecule has 104 valence electrons. The lowest BCUT2D eigenvalue weighted by molar-refractivity contribution is -0.384. The van der Waals surface area contributed by atoms with E-state index in [2.05, 4.69) is 0 Å². The van der Waals surface area contributed by atoms with Gasteiger partial charge in [-0.2, -0.15) is 0 Å². The summed E-state index contributed by atoms with van der Waals surface area (Å²) in [6, 6.07) is 3.47. The molecule has 0 aliphatic heterocycles. The number of aliphatic carboxylic acids is 1. The maximum Gasteiger partial charge on any atom is 0.331 e. The molecule has 2 rings (SSSR count). The van der Waals surface area contributed by atoms with Gasteiger partial charge in [-0.05, 0) is 6.07 Å². The molecule has 0 radical (unpaired) electrons. The van der Waals surface area contributed by atoms with Crippen molar-refractivity contribution >= 4 is 22.6 Å². The molecule has 0 aliphatic carbocycles. The highest BCUT2D eigenvalue weighted by molar-refractivity contribution is 5.80. The van der Waals surface area contributed by atoms with Gasteiger partial charge in [0.1, 0.15) is 6.54 Å². The Morgan fingerprint density at radius 1 is 1.40 bits per heavy atom. The van der Waals surface area contributed by atoms with Gasteiger partial charge in [0.25, 0.3) is 11.2 Å². The Kier molecular flexibility index (Phi) is 3.10. The van der Waals surface area contributed by atoms with Crippen molar-refractivity contribution in [2.24, 2.45) is 7.05 Å². The van der Waals surface area contributed by atoms with Crippen LogP contribution in [0.5, 0.6) is 0 Å². The van der Waals surface area contributed by atoms with Gasteiger partial charge in [-0.15, -0.1) is 0 Å². The summed E-state index contributed by atoms with van der Waals surface area (Å²) in [6.07, 6.45) is 0. The monoisotopic (exact) mass is 279 g/mol. The Bertz CT molecular complexity index is 848. The third kappa shape index (κ3) is 2.05. The van der Waals surface area contributed by atoms with E-state index >= 15 is 0 Å². The number of nitro groups is 1. The molecule has 0 aliphatic rings. The van der Waals surface area contributed by atoms with Crippen molar-refractivity contribution in [3.8, 4) is 0 Å². The van der Waals surface area contributed by atoms with Crippen LogP contribution < -0.4 is 11.2 Å². The molecule has 1 aromatic carbocycles. The van der Waals surface area contributed by atoms with Crippen LogP contribution >= 0.6 is 0 Å².